The quantitative estimate of drug-likeness (QED) is 0.734. The summed E-state index contributed by atoms with van der Waals surface area (Å²) in [5.74, 6) is 0.329. The van der Waals surface area contributed by atoms with Crippen molar-refractivity contribution in [1.29, 1.82) is 0 Å². The van der Waals surface area contributed by atoms with Gasteiger partial charge in [-0.25, -0.2) is 4.98 Å². The molecule has 0 amide bonds. The molecule has 1 heterocycles. The van der Waals surface area contributed by atoms with Gasteiger partial charge in [0.25, 0.3) is 0 Å². The maximum absolute atomic E-state index is 12.2. The fourth-order valence-electron chi connectivity index (χ4n) is 1.01. The predicted molar refractivity (Wildman–Crippen MR) is 56.6 cm³/mol. The van der Waals surface area contributed by atoms with Crippen LogP contribution in [-0.4, -0.2) is 27.1 Å². The van der Waals surface area contributed by atoms with Crippen LogP contribution in [0.5, 0.6) is 0 Å². The van der Waals surface area contributed by atoms with Crippen molar-refractivity contribution in [2.24, 2.45) is 0 Å². The molecule has 2 unspecified atom stereocenters. The lowest BCUT2D eigenvalue weighted by atomic mass is 10.1. The lowest BCUT2D eigenvalue weighted by Crippen LogP contribution is -2.19. The topological polar surface area (TPSA) is 53.4 Å². The normalized spacial score (nSPS) is 16.1. The van der Waals surface area contributed by atoms with Crippen molar-refractivity contribution in [2.45, 2.75) is 24.8 Å². The SMILES string of the molecule is OC(CCS)C(O)c1nc(C(F)(F)F)cs1. The molecule has 8 heteroatoms. The third kappa shape index (κ3) is 3.34. The van der Waals surface area contributed by atoms with Gasteiger partial charge in [-0.05, 0) is 12.2 Å². The molecule has 0 aliphatic heterocycles. The zero-order valence-corrected chi connectivity index (χ0v) is 9.69. The van der Waals surface area contributed by atoms with Gasteiger partial charge in [0.2, 0.25) is 0 Å². The van der Waals surface area contributed by atoms with Crippen LogP contribution >= 0.6 is 24.0 Å². The third-order valence-corrected chi connectivity index (χ3v) is 3.03. The highest BCUT2D eigenvalue weighted by atomic mass is 32.1. The summed E-state index contributed by atoms with van der Waals surface area (Å²) in [5.41, 5.74) is -1.05. The Bertz CT molecular complexity index is 342. The number of thiazole rings is 1. The lowest BCUT2D eigenvalue weighted by Gasteiger charge is -2.14. The number of rotatable bonds is 4. The Morgan fingerprint density at radius 1 is 1.44 bits per heavy atom. The summed E-state index contributed by atoms with van der Waals surface area (Å²) in [6.07, 6.45) is -6.88. The van der Waals surface area contributed by atoms with Crippen LogP contribution in [0.1, 0.15) is 23.2 Å². The van der Waals surface area contributed by atoms with E-state index in [1.165, 1.54) is 0 Å². The number of hydrogen-bond acceptors (Lipinski definition) is 5. The first kappa shape index (κ1) is 13.8. The number of nitrogens with zero attached hydrogens (tertiary/aromatic N) is 1. The molecule has 0 fully saturated rings. The predicted octanol–water partition coefficient (Wildman–Crippen LogP) is 1.88. The molecule has 16 heavy (non-hydrogen) atoms. The maximum Gasteiger partial charge on any atom is 0.434 e. The zero-order valence-electron chi connectivity index (χ0n) is 7.98. The average molecular weight is 273 g/mol. The van der Waals surface area contributed by atoms with E-state index in [2.05, 4.69) is 17.6 Å². The van der Waals surface area contributed by atoms with Crippen LogP contribution in [-0.2, 0) is 6.18 Å². The Labute approximate surface area is 99.4 Å². The molecule has 1 rings (SSSR count). The average Bonchev–Trinajstić information content (AvgIpc) is 2.65. The second-order valence-corrected chi connectivity index (χ2v) is 4.43. The van der Waals surface area contributed by atoms with Gasteiger partial charge in [-0.2, -0.15) is 25.8 Å². The van der Waals surface area contributed by atoms with Gasteiger partial charge in [0, 0.05) is 5.38 Å². The highest BCUT2D eigenvalue weighted by molar-refractivity contribution is 7.80. The first-order valence-corrected chi connectivity index (χ1v) is 5.87. The Kier molecular flexibility index (Phi) is 4.60. The number of thiol groups is 1. The molecular weight excluding hydrogens is 263 g/mol. The summed E-state index contributed by atoms with van der Waals surface area (Å²) < 4.78 is 36.6. The zero-order chi connectivity index (χ0) is 12.3. The molecule has 2 N–H and O–H groups in total. The summed E-state index contributed by atoms with van der Waals surface area (Å²) in [6, 6.07) is 0. The second-order valence-electron chi connectivity index (χ2n) is 3.09. The third-order valence-electron chi connectivity index (χ3n) is 1.85. The Morgan fingerprint density at radius 3 is 2.50 bits per heavy atom. The van der Waals surface area contributed by atoms with Crippen molar-refractivity contribution in [2.75, 3.05) is 5.75 Å². The largest absolute Gasteiger partial charge is 0.434 e. The molecule has 0 aliphatic carbocycles. The monoisotopic (exact) mass is 273 g/mol. The second kappa shape index (κ2) is 5.35. The summed E-state index contributed by atoms with van der Waals surface area (Å²) in [7, 11) is 0. The molecule has 3 nitrogen and oxygen atoms in total. The Hall–Kier alpha value is -0.310. The summed E-state index contributed by atoms with van der Waals surface area (Å²) in [6.45, 7) is 0. The van der Waals surface area contributed by atoms with Crippen LogP contribution in [0.2, 0.25) is 0 Å². The molecule has 0 saturated heterocycles. The van der Waals surface area contributed by atoms with E-state index in [-0.39, 0.29) is 11.4 Å². The fraction of sp³-hybridized carbons (Fsp3) is 0.625. The molecule has 2 atom stereocenters. The number of aliphatic hydroxyl groups is 2. The minimum atomic E-state index is -4.52. The van der Waals surface area contributed by atoms with Crippen molar-refractivity contribution in [3.63, 3.8) is 0 Å². The maximum atomic E-state index is 12.2. The van der Waals surface area contributed by atoms with Crippen LogP contribution in [0, 0.1) is 0 Å². The standard InChI is InChI=1S/C8H10F3NO2S2/c9-8(10,11)5-3-16-7(12-5)6(14)4(13)1-2-15/h3-4,6,13-15H,1-2H2. The molecule has 1 aromatic rings. The van der Waals surface area contributed by atoms with Gasteiger partial charge in [-0.3, -0.25) is 0 Å². The number of hydrogen-bond donors (Lipinski definition) is 3. The smallest absolute Gasteiger partial charge is 0.390 e. The summed E-state index contributed by atoms with van der Waals surface area (Å²) in [5, 5.41) is 19.5. The minimum absolute atomic E-state index is 0.137. The van der Waals surface area contributed by atoms with Crippen molar-refractivity contribution in [3.8, 4) is 0 Å². The van der Waals surface area contributed by atoms with E-state index in [4.69, 9.17) is 0 Å². The fourth-order valence-corrected chi connectivity index (χ4v) is 2.14. The Morgan fingerprint density at radius 2 is 2.06 bits per heavy atom. The molecular formula is C8H10F3NO2S2. The minimum Gasteiger partial charge on any atom is -0.390 e. The molecule has 1 aromatic heterocycles. The van der Waals surface area contributed by atoms with Gasteiger partial charge in [0.1, 0.15) is 11.1 Å². The van der Waals surface area contributed by atoms with E-state index >= 15 is 0 Å². The van der Waals surface area contributed by atoms with Crippen LogP contribution in [0.3, 0.4) is 0 Å². The number of alkyl halides is 3. The molecule has 0 aromatic carbocycles. The van der Waals surface area contributed by atoms with E-state index < -0.39 is 24.1 Å². The summed E-state index contributed by atoms with van der Waals surface area (Å²) in [4.78, 5) is 3.24. The summed E-state index contributed by atoms with van der Waals surface area (Å²) >= 11 is 4.52. The van der Waals surface area contributed by atoms with Crippen molar-refractivity contribution in [1.82, 2.24) is 4.98 Å². The molecule has 0 spiro atoms. The first-order valence-electron chi connectivity index (χ1n) is 4.36. The number of halogens is 3. The van der Waals surface area contributed by atoms with Crippen molar-refractivity contribution in [3.05, 3.63) is 16.1 Å². The van der Waals surface area contributed by atoms with Crippen LogP contribution in [0.25, 0.3) is 0 Å². The van der Waals surface area contributed by atoms with E-state index in [0.29, 0.717) is 17.1 Å². The van der Waals surface area contributed by atoms with E-state index in [0.717, 1.165) is 5.38 Å². The van der Waals surface area contributed by atoms with Crippen molar-refractivity contribution < 1.29 is 23.4 Å². The highest BCUT2D eigenvalue weighted by Crippen LogP contribution is 2.32. The van der Waals surface area contributed by atoms with Gasteiger partial charge in [-0.1, -0.05) is 0 Å². The van der Waals surface area contributed by atoms with Gasteiger partial charge in [0.05, 0.1) is 6.10 Å². The molecule has 92 valence electrons. The molecule has 0 radical (unpaired) electrons. The van der Waals surface area contributed by atoms with E-state index in [1.54, 1.807) is 0 Å². The number of aliphatic hydroxyl groups excluding tert-OH is 2. The first-order chi connectivity index (χ1) is 7.36. The van der Waals surface area contributed by atoms with Crippen LogP contribution < -0.4 is 0 Å². The van der Waals surface area contributed by atoms with Gasteiger partial charge >= 0.3 is 6.18 Å². The molecule has 0 aliphatic rings. The number of aromatic nitrogens is 1. The van der Waals surface area contributed by atoms with Crippen LogP contribution in [0.15, 0.2) is 5.38 Å². The van der Waals surface area contributed by atoms with Gasteiger partial charge in [-0.15, -0.1) is 11.3 Å². The Balaban J connectivity index is 2.78. The lowest BCUT2D eigenvalue weighted by molar-refractivity contribution is -0.141. The molecule has 0 saturated carbocycles. The van der Waals surface area contributed by atoms with Crippen LogP contribution in [0.4, 0.5) is 13.2 Å². The van der Waals surface area contributed by atoms with Gasteiger partial charge < -0.3 is 10.2 Å². The van der Waals surface area contributed by atoms with Crippen molar-refractivity contribution >= 4 is 24.0 Å². The molecule has 0 bridgehead atoms. The van der Waals surface area contributed by atoms with E-state index in [1.807, 2.05) is 0 Å². The van der Waals surface area contributed by atoms with Gasteiger partial charge in [0.15, 0.2) is 5.69 Å². The van der Waals surface area contributed by atoms with E-state index in [9.17, 15) is 23.4 Å². The highest BCUT2D eigenvalue weighted by Gasteiger charge is 2.35.